The highest BCUT2D eigenvalue weighted by molar-refractivity contribution is 9.10. The van der Waals surface area contributed by atoms with Crippen molar-refractivity contribution in [3.63, 3.8) is 0 Å². The predicted molar refractivity (Wildman–Crippen MR) is 81.9 cm³/mol. The Kier molecular flexibility index (Phi) is 5.40. The number of nitrogens with one attached hydrogen (secondary N) is 1. The third-order valence-corrected chi connectivity index (χ3v) is 3.64. The van der Waals surface area contributed by atoms with Crippen molar-refractivity contribution >= 4 is 21.6 Å². The molecule has 0 aliphatic carbocycles. The molecule has 112 valence electrons. The van der Waals surface area contributed by atoms with Gasteiger partial charge >= 0.3 is 0 Å². The first-order valence-electron chi connectivity index (χ1n) is 6.62. The summed E-state index contributed by atoms with van der Waals surface area (Å²) >= 11 is 3.35. The summed E-state index contributed by atoms with van der Waals surface area (Å²) in [7, 11) is 0. The topological polar surface area (TPSA) is 85.9 Å². The summed E-state index contributed by atoms with van der Waals surface area (Å²) < 4.78 is 2.41. The van der Waals surface area contributed by atoms with E-state index in [0.717, 1.165) is 24.2 Å². The first-order chi connectivity index (χ1) is 10.1. The summed E-state index contributed by atoms with van der Waals surface area (Å²) in [5, 5.41) is 22.1. The molecule has 1 aromatic carbocycles. The predicted octanol–water partition coefficient (Wildman–Crippen LogP) is 2.50. The standard InChI is InChI=1S/C13H16BrN5O2/c1-2-5-15-7-11-9-18(17-16-11)8-10-3-4-12(19(20)21)6-13(10)14/h3-4,6,9,15H,2,5,7-8H2,1H3. The molecule has 0 spiro atoms. The molecule has 0 aliphatic heterocycles. The highest BCUT2D eigenvalue weighted by Gasteiger charge is 2.10. The van der Waals surface area contributed by atoms with Crippen LogP contribution in [0.3, 0.4) is 0 Å². The zero-order valence-electron chi connectivity index (χ0n) is 11.6. The van der Waals surface area contributed by atoms with Crippen LogP contribution in [-0.2, 0) is 13.1 Å². The lowest BCUT2D eigenvalue weighted by molar-refractivity contribution is -0.384. The van der Waals surface area contributed by atoms with Crippen molar-refractivity contribution < 1.29 is 4.92 Å². The molecule has 0 saturated heterocycles. The van der Waals surface area contributed by atoms with E-state index in [9.17, 15) is 10.1 Å². The molecule has 1 aromatic heterocycles. The molecule has 0 unspecified atom stereocenters. The average Bonchev–Trinajstić information content (AvgIpc) is 2.89. The van der Waals surface area contributed by atoms with Crippen LogP contribution in [0.15, 0.2) is 28.9 Å². The van der Waals surface area contributed by atoms with Crippen LogP contribution in [0, 0.1) is 10.1 Å². The zero-order valence-corrected chi connectivity index (χ0v) is 13.2. The number of hydrogen-bond acceptors (Lipinski definition) is 5. The smallest absolute Gasteiger partial charge is 0.270 e. The Morgan fingerprint density at radius 1 is 1.48 bits per heavy atom. The fraction of sp³-hybridized carbons (Fsp3) is 0.385. The minimum absolute atomic E-state index is 0.0636. The molecule has 2 rings (SSSR count). The molecular weight excluding hydrogens is 338 g/mol. The van der Waals surface area contributed by atoms with Crippen molar-refractivity contribution in [1.82, 2.24) is 20.3 Å². The van der Waals surface area contributed by atoms with Gasteiger partial charge in [0.05, 0.1) is 23.4 Å². The summed E-state index contributed by atoms with van der Waals surface area (Å²) in [4.78, 5) is 10.3. The summed E-state index contributed by atoms with van der Waals surface area (Å²) in [5.74, 6) is 0. The third kappa shape index (κ3) is 4.33. The van der Waals surface area contributed by atoms with Crippen LogP contribution in [0.5, 0.6) is 0 Å². The highest BCUT2D eigenvalue weighted by Crippen LogP contribution is 2.23. The Bertz CT molecular complexity index is 629. The lowest BCUT2D eigenvalue weighted by Crippen LogP contribution is -2.13. The van der Waals surface area contributed by atoms with Gasteiger partial charge in [-0.05, 0) is 24.6 Å². The van der Waals surface area contributed by atoms with Crippen molar-refractivity contribution in [2.45, 2.75) is 26.4 Å². The fourth-order valence-corrected chi connectivity index (χ4v) is 2.33. The van der Waals surface area contributed by atoms with E-state index in [2.05, 4.69) is 38.5 Å². The number of nitrogens with zero attached hydrogens (tertiary/aromatic N) is 4. The molecular formula is C13H16BrN5O2. The van der Waals surface area contributed by atoms with Crippen molar-refractivity contribution in [2.75, 3.05) is 6.54 Å². The molecule has 0 radical (unpaired) electrons. The maximum absolute atomic E-state index is 10.7. The van der Waals surface area contributed by atoms with Gasteiger partial charge in [0.1, 0.15) is 0 Å². The van der Waals surface area contributed by atoms with Crippen LogP contribution < -0.4 is 5.32 Å². The molecule has 2 aromatic rings. The van der Waals surface area contributed by atoms with Gasteiger partial charge in [-0.15, -0.1) is 5.10 Å². The molecule has 0 fully saturated rings. The van der Waals surface area contributed by atoms with Crippen molar-refractivity contribution in [1.29, 1.82) is 0 Å². The molecule has 1 N–H and O–H groups in total. The molecule has 21 heavy (non-hydrogen) atoms. The van der Waals surface area contributed by atoms with Gasteiger partial charge in [0, 0.05) is 23.2 Å². The SMILES string of the molecule is CCCNCc1cn(Cc2ccc([N+](=O)[O-])cc2Br)nn1. The molecule has 0 amide bonds. The Hall–Kier alpha value is -1.80. The summed E-state index contributed by atoms with van der Waals surface area (Å²) in [6.07, 6.45) is 2.94. The Morgan fingerprint density at radius 2 is 2.29 bits per heavy atom. The number of benzene rings is 1. The number of aromatic nitrogens is 3. The van der Waals surface area contributed by atoms with Crippen LogP contribution in [0.25, 0.3) is 0 Å². The van der Waals surface area contributed by atoms with E-state index in [1.807, 2.05) is 6.20 Å². The molecule has 8 heteroatoms. The van der Waals surface area contributed by atoms with E-state index < -0.39 is 4.92 Å². The first-order valence-corrected chi connectivity index (χ1v) is 7.42. The normalized spacial score (nSPS) is 10.8. The van der Waals surface area contributed by atoms with E-state index in [1.54, 1.807) is 10.7 Å². The number of rotatable bonds is 7. The molecule has 7 nitrogen and oxygen atoms in total. The van der Waals surface area contributed by atoms with Gasteiger partial charge in [-0.1, -0.05) is 28.1 Å². The van der Waals surface area contributed by atoms with Crippen LogP contribution >= 0.6 is 15.9 Å². The van der Waals surface area contributed by atoms with Crippen molar-refractivity contribution in [2.24, 2.45) is 0 Å². The Balaban J connectivity index is 2.03. The number of nitro benzene ring substituents is 1. The lowest BCUT2D eigenvalue weighted by Gasteiger charge is -2.04. The Morgan fingerprint density at radius 3 is 2.95 bits per heavy atom. The summed E-state index contributed by atoms with van der Waals surface area (Å²) in [5.41, 5.74) is 1.86. The first kappa shape index (κ1) is 15.6. The quantitative estimate of drug-likeness (QED) is 0.469. The largest absolute Gasteiger partial charge is 0.311 e. The monoisotopic (exact) mass is 353 g/mol. The van der Waals surface area contributed by atoms with E-state index in [4.69, 9.17) is 0 Å². The van der Waals surface area contributed by atoms with Gasteiger partial charge in [0.25, 0.3) is 5.69 Å². The molecule has 1 heterocycles. The van der Waals surface area contributed by atoms with Gasteiger partial charge in [-0.2, -0.15) is 0 Å². The maximum atomic E-state index is 10.7. The summed E-state index contributed by atoms with van der Waals surface area (Å²) in [6, 6.07) is 4.70. The average molecular weight is 354 g/mol. The number of non-ortho nitro benzene ring substituents is 1. The third-order valence-electron chi connectivity index (χ3n) is 2.90. The minimum atomic E-state index is -0.415. The molecule has 0 aliphatic rings. The zero-order chi connectivity index (χ0) is 15.2. The van der Waals surface area contributed by atoms with Crippen LogP contribution in [0.2, 0.25) is 0 Å². The van der Waals surface area contributed by atoms with E-state index in [1.165, 1.54) is 12.1 Å². The van der Waals surface area contributed by atoms with Crippen LogP contribution in [-0.4, -0.2) is 26.5 Å². The number of halogens is 1. The minimum Gasteiger partial charge on any atom is -0.311 e. The Labute approximate surface area is 130 Å². The van der Waals surface area contributed by atoms with Gasteiger partial charge < -0.3 is 5.32 Å². The van der Waals surface area contributed by atoms with Crippen LogP contribution in [0.1, 0.15) is 24.6 Å². The van der Waals surface area contributed by atoms with Gasteiger partial charge in [-0.3, -0.25) is 10.1 Å². The highest BCUT2D eigenvalue weighted by atomic mass is 79.9. The van der Waals surface area contributed by atoms with E-state index in [-0.39, 0.29) is 5.69 Å². The second-order valence-corrected chi connectivity index (χ2v) is 5.47. The van der Waals surface area contributed by atoms with E-state index >= 15 is 0 Å². The second-order valence-electron chi connectivity index (χ2n) is 4.62. The molecule has 0 bridgehead atoms. The molecule has 0 saturated carbocycles. The van der Waals surface area contributed by atoms with Crippen molar-refractivity contribution in [3.8, 4) is 0 Å². The number of nitro groups is 1. The molecule has 0 atom stereocenters. The van der Waals surface area contributed by atoms with Crippen LogP contribution in [0.4, 0.5) is 5.69 Å². The van der Waals surface area contributed by atoms with Gasteiger partial charge in [0.15, 0.2) is 0 Å². The summed E-state index contributed by atoms with van der Waals surface area (Å²) in [6.45, 7) is 4.26. The second kappa shape index (κ2) is 7.28. The van der Waals surface area contributed by atoms with Gasteiger partial charge in [0.2, 0.25) is 0 Å². The van der Waals surface area contributed by atoms with E-state index in [0.29, 0.717) is 17.6 Å². The number of hydrogen-bond donors (Lipinski definition) is 1. The maximum Gasteiger partial charge on any atom is 0.270 e. The fourth-order valence-electron chi connectivity index (χ4n) is 1.84. The van der Waals surface area contributed by atoms with Gasteiger partial charge in [-0.25, -0.2) is 4.68 Å². The van der Waals surface area contributed by atoms with Crippen molar-refractivity contribution in [3.05, 3.63) is 50.2 Å². The lowest BCUT2D eigenvalue weighted by atomic mass is 10.2.